The number of hydrogen-bond acceptors (Lipinski definition) is 6. The molecule has 0 aliphatic heterocycles. The molecule has 6 nitrogen and oxygen atoms in total. The molecule has 0 N–H and O–H groups in total. The molecule has 6 heteroatoms. The van der Waals surface area contributed by atoms with Crippen LogP contribution >= 0.6 is 0 Å². The normalized spacial score (nSPS) is 10.0. The first-order valence-corrected chi connectivity index (χ1v) is 7.87. The second kappa shape index (κ2) is 9.32. The molecule has 2 aromatic carbocycles. The molecule has 2 aromatic rings. The van der Waals surface area contributed by atoms with Gasteiger partial charge in [-0.3, -0.25) is 0 Å². The fraction of sp³-hybridized carbons (Fsp3) is 0.263. The Kier molecular flexibility index (Phi) is 6.83. The molecule has 0 aromatic heterocycles. The quantitative estimate of drug-likeness (QED) is 0.541. The number of esters is 2. The summed E-state index contributed by atoms with van der Waals surface area (Å²) < 4.78 is 20.8. The Labute approximate surface area is 146 Å². The maximum Gasteiger partial charge on any atom is 0.349 e. The molecule has 0 aliphatic rings. The van der Waals surface area contributed by atoms with E-state index in [1.807, 2.05) is 6.92 Å². The average molecular weight is 344 g/mol. The first kappa shape index (κ1) is 18.3. The second-order valence-corrected chi connectivity index (χ2v) is 5.08. The highest BCUT2D eigenvalue weighted by Gasteiger charge is 2.12. The zero-order valence-electron chi connectivity index (χ0n) is 14.2. The number of benzene rings is 2. The maximum atomic E-state index is 11.9. The van der Waals surface area contributed by atoms with Crippen molar-refractivity contribution in [3.8, 4) is 17.2 Å². The van der Waals surface area contributed by atoms with Crippen molar-refractivity contribution in [1.29, 1.82) is 0 Å². The third kappa shape index (κ3) is 5.53. The van der Waals surface area contributed by atoms with Gasteiger partial charge in [-0.1, -0.05) is 25.1 Å². The van der Waals surface area contributed by atoms with Crippen molar-refractivity contribution < 1.29 is 28.5 Å². The minimum absolute atomic E-state index is 0.250. The maximum absolute atomic E-state index is 11.9. The predicted molar refractivity (Wildman–Crippen MR) is 91.1 cm³/mol. The van der Waals surface area contributed by atoms with Crippen LogP contribution in [0.4, 0.5) is 0 Å². The van der Waals surface area contributed by atoms with Gasteiger partial charge in [0, 0.05) is 0 Å². The van der Waals surface area contributed by atoms with Crippen molar-refractivity contribution >= 4 is 11.9 Å². The molecule has 25 heavy (non-hydrogen) atoms. The monoisotopic (exact) mass is 344 g/mol. The molecule has 0 amide bonds. The zero-order chi connectivity index (χ0) is 18.1. The minimum atomic E-state index is -0.593. The number of methoxy groups -OCH3 is 1. The second-order valence-electron chi connectivity index (χ2n) is 5.08. The van der Waals surface area contributed by atoms with Crippen LogP contribution < -0.4 is 14.2 Å². The molecular formula is C19H20O6. The molecule has 2 rings (SSSR count). The van der Waals surface area contributed by atoms with Crippen molar-refractivity contribution in [3.05, 3.63) is 54.1 Å². The number of para-hydroxylation sites is 2. The lowest BCUT2D eigenvalue weighted by molar-refractivity contribution is -0.136. The molecule has 0 saturated heterocycles. The molecule has 0 fully saturated rings. The molecule has 0 saturated carbocycles. The minimum Gasteiger partial charge on any atom is -0.493 e. The van der Waals surface area contributed by atoms with Crippen LogP contribution in [0.1, 0.15) is 23.7 Å². The summed E-state index contributed by atoms with van der Waals surface area (Å²) in [5.74, 6) is 0.171. The van der Waals surface area contributed by atoms with Gasteiger partial charge in [0.2, 0.25) is 0 Å². The van der Waals surface area contributed by atoms with Crippen LogP contribution in [0.3, 0.4) is 0 Å². The van der Waals surface area contributed by atoms with Crippen molar-refractivity contribution in [2.24, 2.45) is 0 Å². The van der Waals surface area contributed by atoms with Crippen LogP contribution in [0, 0.1) is 0 Å². The third-order valence-corrected chi connectivity index (χ3v) is 3.15. The number of ether oxygens (including phenoxy) is 4. The van der Waals surface area contributed by atoms with E-state index in [4.69, 9.17) is 18.9 Å². The van der Waals surface area contributed by atoms with Crippen molar-refractivity contribution in [1.82, 2.24) is 0 Å². The lowest BCUT2D eigenvalue weighted by atomic mass is 10.2. The number of carbonyl (C=O) groups is 2. The van der Waals surface area contributed by atoms with E-state index in [0.29, 0.717) is 23.7 Å². The standard InChI is InChI=1S/C19H20O6/c1-3-11-23-19(21)14-7-6-8-15(12-14)25-18(20)13-24-17-10-5-4-9-16(17)22-2/h4-10,12H,3,11,13H2,1-2H3. The Morgan fingerprint density at radius 2 is 1.76 bits per heavy atom. The van der Waals surface area contributed by atoms with Gasteiger partial charge in [0.05, 0.1) is 19.3 Å². The Balaban J connectivity index is 1.93. The van der Waals surface area contributed by atoms with Gasteiger partial charge in [-0.25, -0.2) is 9.59 Å². The summed E-state index contributed by atoms with van der Waals surface area (Å²) >= 11 is 0. The molecule has 0 spiro atoms. The average Bonchev–Trinajstić information content (AvgIpc) is 2.64. The van der Waals surface area contributed by atoms with Crippen LogP contribution in [0.15, 0.2) is 48.5 Å². The number of rotatable bonds is 8. The van der Waals surface area contributed by atoms with Crippen molar-refractivity contribution in [3.63, 3.8) is 0 Å². The van der Waals surface area contributed by atoms with Crippen LogP contribution in [0.2, 0.25) is 0 Å². The summed E-state index contributed by atoms with van der Waals surface area (Å²) in [6, 6.07) is 13.2. The SMILES string of the molecule is CCCOC(=O)c1cccc(OC(=O)COc2ccccc2OC)c1. The summed E-state index contributed by atoms with van der Waals surface area (Å²) in [5.41, 5.74) is 0.324. The van der Waals surface area contributed by atoms with Gasteiger partial charge in [0.15, 0.2) is 18.1 Å². The highest BCUT2D eigenvalue weighted by Crippen LogP contribution is 2.25. The topological polar surface area (TPSA) is 71.1 Å². The largest absolute Gasteiger partial charge is 0.493 e. The molecule has 132 valence electrons. The molecule has 0 aliphatic carbocycles. The van der Waals surface area contributed by atoms with Crippen LogP contribution in [-0.4, -0.2) is 32.3 Å². The van der Waals surface area contributed by atoms with Gasteiger partial charge in [0.1, 0.15) is 5.75 Å². The van der Waals surface area contributed by atoms with Crippen LogP contribution in [0.5, 0.6) is 17.2 Å². The van der Waals surface area contributed by atoms with Gasteiger partial charge in [-0.05, 0) is 36.8 Å². The Morgan fingerprint density at radius 3 is 2.48 bits per heavy atom. The molecule has 0 unspecified atom stereocenters. The van der Waals surface area contributed by atoms with Crippen molar-refractivity contribution in [2.45, 2.75) is 13.3 Å². The van der Waals surface area contributed by atoms with Gasteiger partial charge < -0.3 is 18.9 Å². The Morgan fingerprint density at radius 1 is 1.00 bits per heavy atom. The van der Waals surface area contributed by atoms with E-state index >= 15 is 0 Å². The Bertz CT molecular complexity index is 725. The summed E-state index contributed by atoms with van der Waals surface area (Å²) in [6.07, 6.45) is 0.737. The first-order chi connectivity index (χ1) is 12.1. The summed E-state index contributed by atoms with van der Waals surface area (Å²) in [7, 11) is 1.52. The van der Waals surface area contributed by atoms with E-state index in [1.54, 1.807) is 42.5 Å². The lowest BCUT2D eigenvalue weighted by Gasteiger charge is -2.10. The zero-order valence-corrected chi connectivity index (χ0v) is 14.2. The fourth-order valence-electron chi connectivity index (χ4n) is 2.00. The predicted octanol–water partition coefficient (Wildman–Crippen LogP) is 3.25. The first-order valence-electron chi connectivity index (χ1n) is 7.87. The lowest BCUT2D eigenvalue weighted by Crippen LogP contribution is -2.18. The molecule has 0 atom stereocenters. The number of carbonyl (C=O) groups excluding carboxylic acids is 2. The highest BCUT2D eigenvalue weighted by molar-refractivity contribution is 5.90. The van der Waals surface area contributed by atoms with Gasteiger partial charge >= 0.3 is 11.9 Å². The van der Waals surface area contributed by atoms with E-state index in [9.17, 15) is 9.59 Å². The van der Waals surface area contributed by atoms with E-state index < -0.39 is 11.9 Å². The van der Waals surface area contributed by atoms with Crippen molar-refractivity contribution in [2.75, 3.05) is 20.3 Å². The highest BCUT2D eigenvalue weighted by atomic mass is 16.6. The summed E-state index contributed by atoms with van der Waals surface area (Å²) in [5, 5.41) is 0. The van der Waals surface area contributed by atoms with E-state index in [0.717, 1.165) is 6.42 Å². The van der Waals surface area contributed by atoms with E-state index in [2.05, 4.69) is 0 Å². The summed E-state index contributed by atoms with van der Waals surface area (Å²) in [6.45, 7) is 1.97. The summed E-state index contributed by atoms with van der Waals surface area (Å²) in [4.78, 5) is 23.8. The fourth-order valence-corrected chi connectivity index (χ4v) is 2.00. The smallest absolute Gasteiger partial charge is 0.349 e. The third-order valence-electron chi connectivity index (χ3n) is 3.15. The molecule has 0 radical (unpaired) electrons. The van der Waals surface area contributed by atoms with Crippen LogP contribution in [0.25, 0.3) is 0 Å². The van der Waals surface area contributed by atoms with Gasteiger partial charge in [0.25, 0.3) is 0 Å². The molecule has 0 bridgehead atoms. The Hall–Kier alpha value is -3.02. The van der Waals surface area contributed by atoms with Crippen LogP contribution in [-0.2, 0) is 9.53 Å². The van der Waals surface area contributed by atoms with E-state index in [-0.39, 0.29) is 12.4 Å². The van der Waals surface area contributed by atoms with E-state index in [1.165, 1.54) is 13.2 Å². The van der Waals surface area contributed by atoms with Gasteiger partial charge in [-0.2, -0.15) is 0 Å². The number of hydrogen-bond donors (Lipinski definition) is 0. The molecule has 0 heterocycles. The van der Waals surface area contributed by atoms with Gasteiger partial charge in [-0.15, -0.1) is 0 Å². The molecular weight excluding hydrogens is 324 g/mol.